The molecule has 2 aromatic carbocycles. The van der Waals surface area contributed by atoms with Crippen molar-refractivity contribution in [1.82, 2.24) is 5.32 Å². The second-order valence-electron chi connectivity index (χ2n) is 5.00. The lowest BCUT2D eigenvalue weighted by molar-refractivity contribution is -0.116. The lowest BCUT2D eigenvalue weighted by atomic mass is 10.2. The highest BCUT2D eigenvalue weighted by Crippen LogP contribution is 2.15. The number of para-hydroxylation sites is 1. The van der Waals surface area contributed by atoms with Crippen molar-refractivity contribution in [2.75, 3.05) is 17.2 Å². The molecule has 0 fully saturated rings. The molecule has 0 aromatic heterocycles. The molecular weight excluding hydrogens is 297 g/mol. The Balaban J connectivity index is 1.74. The first-order chi connectivity index (χ1) is 11.0. The topological polar surface area (TPSA) is 70.2 Å². The minimum Gasteiger partial charge on any atom is -0.337 e. The largest absolute Gasteiger partial charge is 0.337 e. The van der Waals surface area contributed by atoms with Gasteiger partial charge in [-0.3, -0.25) is 4.79 Å². The van der Waals surface area contributed by atoms with Crippen LogP contribution in [0.5, 0.6) is 0 Å². The fraction of sp³-hybridized carbons (Fsp3) is 0.176. The summed E-state index contributed by atoms with van der Waals surface area (Å²) in [5.41, 5.74) is 1.88. The number of amides is 3. The van der Waals surface area contributed by atoms with E-state index in [0.717, 1.165) is 5.56 Å². The molecular formula is C17H18FN3O2. The van der Waals surface area contributed by atoms with Gasteiger partial charge >= 0.3 is 6.03 Å². The number of halogens is 1. The second-order valence-corrected chi connectivity index (χ2v) is 5.00. The number of urea groups is 1. The second kappa shape index (κ2) is 7.93. The molecule has 2 aromatic rings. The average Bonchev–Trinajstić information content (AvgIpc) is 2.52. The normalized spacial score (nSPS) is 10.0. The van der Waals surface area contributed by atoms with Crippen molar-refractivity contribution < 1.29 is 14.0 Å². The summed E-state index contributed by atoms with van der Waals surface area (Å²) in [6.45, 7) is 1.96. The van der Waals surface area contributed by atoms with Gasteiger partial charge in [0.2, 0.25) is 5.91 Å². The first kappa shape index (κ1) is 16.5. The number of hydrogen-bond acceptors (Lipinski definition) is 2. The molecule has 0 saturated carbocycles. The summed E-state index contributed by atoms with van der Waals surface area (Å²) < 4.78 is 13.1. The van der Waals surface area contributed by atoms with Gasteiger partial charge in [0.25, 0.3) is 0 Å². The molecule has 6 heteroatoms. The van der Waals surface area contributed by atoms with Gasteiger partial charge in [0.1, 0.15) is 5.82 Å². The summed E-state index contributed by atoms with van der Waals surface area (Å²) in [5.74, 6) is -0.704. The Hall–Kier alpha value is -2.89. The highest BCUT2D eigenvalue weighted by atomic mass is 19.1. The molecule has 0 aliphatic heterocycles. The van der Waals surface area contributed by atoms with Crippen LogP contribution in [0.2, 0.25) is 0 Å². The SMILES string of the molecule is Cc1ccc(F)cc1NC(=O)CCNC(=O)Nc1ccccc1. The third kappa shape index (κ3) is 5.43. The molecule has 0 saturated heterocycles. The lowest BCUT2D eigenvalue weighted by Crippen LogP contribution is -2.31. The summed E-state index contributed by atoms with van der Waals surface area (Å²) in [6, 6.07) is 12.8. The van der Waals surface area contributed by atoms with Gasteiger partial charge in [0, 0.05) is 24.3 Å². The van der Waals surface area contributed by atoms with E-state index in [4.69, 9.17) is 0 Å². The number of benzene rings is 2. The zero-order valence-corrected chi connectivity index (χ0v) is 12.7. The van der Waals surface area contributed by atoms with Gasteiger partial charge in [-0.25, -0.2) is 9.18 Å². The van der Waals surface area contributed by atoms with Crippen molar-refractivity contribution in [3.05, 3.63) is 59.9 Å². The molecule has 5 nitrogen and oxygen atoms in total. The van der Waals surface area contributed by atoms with Gasteiger partial charge in [-0.05, 0) is 36.8 Å². The molecule has 3 N–H and O–H groups in total. The van der Waals surface area contributed by atoms with Crippen LogP contribution >= 0.6 is 0 Å². The van der Waals surface area contributed by atoms with Gasteiger partial charge in [0.05, 0.1) is 0 Å². The quantitative estimate of drug-likeness (QED) is 0.792. The summed E-state index contributed by atoms with van der Waals surface area (Å²) >= 11 is 0. The van der Waals surface area contributed by atoms with Gasteiger partial charge in [-0.15, -0.1) is 0 Å². The number of hydrogen-bond donors (Lipinski definition) is 3. The molecule has 23 heavy (non-hydrogen) atoms. The number of anilines is 2. The van der Waals surface area contributed by atoms with Crippen LogP contribution in [0.3, 0.4) is 0 Å². The molecule has 3 amide bonds. The average molecular weight is 315 g/mol. The fourth-order valence-corrected chi connectivity index (χ4v) is 1.93. The zero-order chi connectivity index (χ0) is 16.7. The first-order valence-corrected chi connectivity index (χ1v) is 7.20. The maximum absolute atomic E-state index is 13.1. The number of carbonyl (C=O) groups excluding carboxylic acids is 2. The highest BCUT2D eigenvalue weighted by Gasteiger charge is 2.07. The van der Waals surface area contributed by atoms with E-state index >= 15 is 0 Å². The predicted molar refractivity (Wildman–Crippen MR) is 87.8 cm³/mol. The molecule has 120 valence electrons. The standard InChI is InChI=1S/C17H18FN3O2/c1-12-7-8-13(18)11-15(12)21-16(22)9-10-19-17(23)20-14-5-3-2-4-6-14/h2-8,11H,9-10H2,1H3,(H,21,22)(H2,19,20,23). The molecule has 0 unspecified atom stereocenters. The maximum Gasteiger partial charge on any atom is 0.319 e. The van der Waals surface area contributed by atoms with E-state index in [2.05, 4.69) is 16.0 Å². The Bertz CT molecular complexity index is 689. The van der Waals surface area contributed by atoms with Crippen LogP contribution in [0, 0.1) is 12.7 Å². The van der Waals surface area contributed by atoms with Gasteiger partial charge in [0.15, 0.2) is 0 Å². The van der Waals surface area contributed by atoms with E-state index in [-0.39, 0.29) is 24.9 Å². The summed E-state index contributed by atoms with van der Waals surface area (Å²) in [4.78, 5) is 23.5. The Kier molecular flexibility index (Phi) is 5.68. The molecule has 0 aliphatic carbocycles. The third-order valence-corrected chi connectivity index (χ3v) is 3.14. The van der Waals surface area contributed by atoms with E-state index in [0.29, 0.717) is 11.4 Å². The van der Waals surface area contributed by atoms with Crippen LogP contribution in [0.1, 0.15) is 12.0 Å². The smallest absolute Gasteiger partial charge is 0.319 e. The van der Waals surface area contributed by atoms with E-state index in [1.54, 1.807) is 25.1 Å². The Morgan fingerprint density at radius 3 is 2.52 bits per heavy atom. The van der Waals surface area contributed by atoms with Crippen molar-refractivity contribution in [1.29, 1.82) is 0 Å². The fourth-order valence-electron chi connectivity index (χ4n) is 1.93. The Morgan fingerprint density at radius 2 is 1.78 bits per heavy atom. The highest BCUT2D eigenvalue weighted by molar-refractivity contribution is 5.93. The number of rotatable bonds is 5. The van der Waals surface area contributed by atoms with E-state index in [1.165, 1.54) is 12.1 Å². The van der Waals surface area contributed by atoms with E-state index < -0.39 is 5.82 Å². The molecule has 0 radical (unpaired) electrons. The summed E-state index contributed by atoms with van der Waals surface area (Å²) in [7, 11) is 0. The third-order valence-electron chi connectivity index (χ3n) is 3.14. The van der Waals surface area contributed by atoms with Crippen LogP contribution in [0.25, 0.3) is 0 Å². The number of aryl methyl sites for hydroxylation is 1. The molecule has 0 atom stereocenters. The van der Waals surface area contributed by atoms with Crippen molar-refractivity contribution in [3.8, 4) is 0 Å². The van der Waals surface area contributed by atoms with Gasteiger partial charge in [-0.2, -0.15) is 0 Å². The molecule has 0 bridgehead atoms. The van der Waals surface area contributed by atoms with Crippen molar-refractivity contribution in [2.24, 2.45) is 0 Å². The maximum atomic E-state index is 13.1. The Labute approximate surface area is 133 Å². The summed E-state index contributed by atoms with van der Waals surface area (Å²) in [5, 5.41) is 7.86. The Morgan fingerprint density at radius 1 is 1.04 bits per heavy atom. The van der Waals surface area contributed by atoms with Crippen LogP contribution < -0.4 is 16.0 Å². The van der Waals surface area contributed by atoms with E-state index in [9.17, 15) is 14.0 Å². The van der Waals surface area contributed by atoms with E-state index in [1.807, 2.05) is 18.2 Å². The minimum absolute atomic E-state index is 0.0954. The van der Waals surface area contributed by atoms with Crippen molar-refractivity contribution in [3.63, 3.8) is 0 Å². The summed E-state index contributed by atoms with van der Waals surface area (Å²) in [6.07, 6.45) is 0.0954. The van der Waals surface area contributed by atoms with Crippen LogP contribution in [-0.2, 0) is 4.79 Å². The van der Waals surface area contributed by atoms with Crippen molar-refractivity contribution in [2.45, 2.75) is 13.3 Å². The zero-order valence-electron chi connectivity index (χ0n) is 12.7. The monoisotopic (exact) mass is 315 g/mol. The first-order valence-electron chi connectivity index (χ1n) is 7.20. The number of nitrogens with one attached hydrogen (secondary N) is 3. The lowest BCUT2D eigenvalue weighted by Gasteiger charge is -2.10. The van der Waals surface area contributed by atoms with Crippen molar-refractivity contribution >= 4 is 23.3 Å². The van der Waals surface area contributed by atoms with Gasteiger partial charge < -0.3 is 16.0 Å². The predicted octanol–water partition coefficient (Wildman–Crippen LogP) is 3.28. The van der Waals surface area contributed by atoms with Crippen LogP contribution in [0.4, 0.5) is 20.6 Å². The molecule has 0 spiro atoms. The molecule has 0 heterocycles. The van der Waals surface area contributed by atoms with Crippen LogP contribution in [-0.4, -0.2) is 18.5 Å². The van der Waals surface area contributed by atoms with Crippen LogP contribution in [0.15, 0.2) is 48.5 Å². The number of carbonyl (C=O) groups is 2. The molecule has 0 aliphatic rings. The van der Waals surface area contributed by atoms with Gasteiger partial charge in [-0.1, -0.05) is 24.3 Å². The minimum atomic E-state index is -0.411. The molecule has 2 rings (SSSR count).